The van der Waals surface area contributed by atoms with Crippen LogP contribution in [0.3, 0.4) is 0 Å². The molecule has 2 aliphatic heterocycles. The minimum atomic E-state index is 0.646. The zero-order valence-corrected chi connectivity index (χ0v) is 12.5. The van der Waals surface area contributed by atoms with Crippen molar-refractivity contribution in [1.29, 1.82) is 0 Å². The van der Waals surface area contributed by atoms with Gasteiger partial charge in [-0.15, -0.1) is 0 Å². The van der Waals surface area contributed by atoms with E-state index in [0.717, 1.165) is 54.6 Å². The Kier molecular flexibility index (Phi) is 3.80. The van der Waals surface area contributed by atoms with Crippen LogP contribution in [0, 0.1) is 0 Å². The van der Waals surface area contributed by atoms with Crippen molar-refractivity contribution in [2.75, 3.05) is 44.3 Å². The van der Waals surface area contributed by atoms with E-state index in [1.807, 2.05) is 12.1 Å². The minimum Gasteiger partial charge on any atom is -0.378 e. The van der Waals surface area contributed by atoms with Crippen molar-refractivity contribution in [2.45, 2.75) is 6.04 Å². The van der Waals surface area contributed by atoms with Gasteiger partial charge < -0.3 is 9.64 Å². The Labute approximate surface area is 121 Å². The van der Waals surface area contributed by atoms with Crippen molar-refractivity contribution in [3.8, 4) is 0 Å². The molecule has 2 heterocycles. The molecule has 0 saturated carbocycles. The smallest absolute Gasteiger partial charge is 0.0650 e. The fourth-order valence-corrected chi connectivity index (χ4v) is 3.29. The van der Waals surface area contributed by atoms with Crippen molar-refractivity contribution in [3.05, 3.63) is 27.7 Å². The summed E-state index contributed by atoms with van der Waals surface area (Å²) in [6.07, 6.45) is 0. The van der Waals surface area contributed by atoms with Gasteiger partial charge in [0.1, 0.15) is 0 Å². The van der Waals surface area contributed by atoms with Crippen molar-refractivity contribution in [3.63, 3.8) is 0 Å². The van der Waals surface area contributed by atoms with Gasteiger partial charge >= 0.3 is 0 Å². The van der Waals surface area contributed by atoms with Gasteiger partial charge in [-0.1, -0.05) is 27.5 Å². The largest absolute Gasteiger partial charge is 0.378 e. The molecular weight excluding hydrogens is 316 g/mol. The summed E-state index contributed by atoms with van der Waals surface area (Å²) in [4.78, 5) is 4.89. The molecule has 2 aliphatic rings. The van der Waals surface area contributed by atoms with E-state index in [2.05, 4.69) is 31.8 Å². The molecule has 0 spiro atoms. The van der Waals surface area contributed by atoms with Gasteiger partial charge in [0.15, 0.2) is 0 Å². The number of hydrogen-bond acceptors (Lipinski definition) is 3. The van der Waals surface area contributed by atoms with Crippen LogP contribution in [-0.4, -0.2) is 50.3 Å². The molecule has 2 fully saturated rings. The van der Waals surface area contributed by atoms with Gasteiger partial charge in [0.2, 0.25) is 0 Å². The number of halogens is 2. The van der Waals surface area contributed by atoms with E-state index in [1.165, 1.54) is 0 Å². The first kappa shape index (κ1) is 12.7. The van der Waals surface area contributed by atoms with Gasteiger partial charge in [-0.25, -0.2) is 0 Å². The van der Waals surface area contributed by atoms with E-state index >= 15 is 0 Å². The number of nitrogens with zero attached hydrogens (tertiary/aromatic N) is 2. The molecule has 0 aliphatic carbocycles. The van der Waals surface area contributed by atoms with Crippen LogP contribution in [0.4, 0.5) is 5.69 Å². The van der Waals surface area contributed by atoms with Crippen molar-refractivity contribution >= 4 is 33.2 Å². The van der Waals surface area contributed by atoms with E-state index < -0.39 is 0 Å². The maximum Gasteiger partial charge on any atom is 0.0650 e. The zero-order chi connectivity index (χ0) is 12.5. The number of piperazine rings is 1. The molecule has 5 heteroatoms. The van der Waals surface area contributed by atoms with Gasteiger partial charge in [0.25, 0.3) is 0 Å². The Morgan fingerprint density at radius 1 is 1.17 bits per heavy atom. The summed E-state index contributed by atoms with van der Waals surface area (Å²) in [5.74, 6) is 0. The Hall–Kier alpha value is -0.290. The highest BCUT2D eigenvalue weighted by molar-refractivity contribution is 9.10. The van der Waals surface area contributed by atoms with E-state index in [4.69, 9.17) is 16.3 Å². The summed E-state index contributed by atoms with van der Waals surface area (Å²) in [7, 11) is 0. The standard InChI is InChI=1S/C13H16BrClN2O/c14-10-1-2-13(12(15)7-10)17-5-3-16(4-6-17)11-8-18-9-11/h1-2,7,11H,3-6,8-9H2. The predicted octanol–water partition coefficient (Wildman–Crippen LogP) is 2.62. The molecule has 3 nitrogen and oxygen atoms in total. The summed E-state index contributed by atoms with van der Waals surface area (Å²) in [5.41, 5.74) is 1.14. The average molecular weight is 332 g/mol. The summed E-state index contributed by atoms with van der Waals surface area (Å²) in [6, 6.07) is 6.75. The Bertz CT molecular complexity index is 431. The summed E-state index contributed by atoms with van der Waals surface area (Å²) >= 11 is 9.74. The van der Waals surface area contributed by atoms with Crippen LogP contribution in [0.2, 0.25) is 5.02 Å². The molecule has 0 N–H and O–H groups in total. The number of anilines is 1. The topological polar surface area (TPSA) is 15.7 Å². The summed E-state index contributed by atoms with van der Waals surface area (Å²) < 4.78 is 6.28. The predicted molar refractivity (Wildman–Crippen MR) is 77.5 cm³/mol. The molecular formula is C13H16BrClN2O. The molecule has 1 aromatic rings. The lowest BCUT2D eigenvalue weighted by atomic mass is 10.1. The van der Waals surface area contributed by atoms with Gasteiger partial charge in [-0.05, 0) is 18.2 Å². The number of benzene rings is 1. The highest BCUT2D eigenvalue weighted by Gasteiger charge is 2.29. The van der Waals surface area contributed by atoms with Crippen LogP contribution in [-0.2, 0) is 4.74 Å². The first-order valence-corrected chi connectivity index (χ1v) is 7.43. The normalized spacial score (nSPS) is 22.0. The molecule has 0 aromatic heterocycles. The number of rotatable bonds is 2. The SMILES string of the molecule is Clc1cc(Br)ccc1N1CCN(C2COC2)CC1. The van der Waals surface area contributed by atoms with Crippen LogP contribution < -0.4 is 4.90 Å². The second kappa shape index (κ2) is 5.37. The molecule has 3 rings (SSSR count). The van der Waals surface area contributed by atoms with Crippen LogP contribution >= 0.6 is 27.5 Å². The maximum atomic E-state index is 6.29. The van der Waals surface area contributed by atoms with Gasteiger partial charge in [0, 0.05) is 30.7 Å². The highest BCUT2D eigenvalue weighted by atomic mass is 79.9. The lowest BCUT2D eigenvalue weighted by Gasteiger charge is -2.43. The Balaban J connectivity index is 1.64. The number of ether oxygens (including phenoxy) is 1. The maximum absolute atomic E-state index is 6.29. The van der Waals surface area contributed by atoms with Crippen molar-refractivity contribution in [2.24, 2.45) is 0 Å². The molecule has 0 radical (unpaired) electrons. The fraction of sp³-hybridized carbons (Fsp3) is 0.538. The molecule has 0 atom stereocenters. The Morgan fingerprint density at radius 2 is 1.89 bits per heavy atom. The third-order valence-electron chi connectivity index (χ3n) is 3.70. The molecule has 98 valence electrons. The highest BCUT2D eigenvalue weighted by Crippen LogP contribution is 2.30. The zero-order valence-electron chi connectivity index (χ0n) is 10.1. The van der Waals surface area contributed by atoms with Crippen LogP contribution in [0.25, 0.3) is 0 Å². The summed E-state index contributed by atoms with van der Waals surface area (Å²) in [5, 5.41) is 0.824. The van der Waals surface area contributed by atoms with Crippen molar-refractivity contribution < 1.29 is 4.74 Å². The first-order chi connectivity index (χ1) is 8.74. The lowest BCUT2D eigenvalue weighted by molar-refractivity contribution is -0.0660. The molecule has 0 amide bonds. The van der Waals surface area contributed by atoms with E-state index in [1.54, 1.807) is 0 Å². The summed E-state index contributed by atoms with van der Waals surface area (Å²) in [6.45, 7) is 6.08. The second-order valence-corrected chi connectivity index (χ2v) is 6.13. The van der Waals surface area contributed by atoms with Crippen LogP contribution in [0.5, 0.6) is 0 Å². The van der Waals surface area contributed by atoms with Gasteiger partial charge in [-0.3, -0.25) is 4.90 Å². The third kappa shape index (κ3) is 2.52. The van der Waals surface area contributed by atoms with E-state index in [-0.39, 0.29) is 0 Å². The fourth-order valence-electron chi connectivity index (χ4n) is 2.50. The van der Waals surface area contributed by atoms with Crippen LogP contribution in [0.1, 0.15) is 0 Å². The first-order valence-electron chi connectivity index (χ1n) is 6.26. The molecule has 0 unspecified atom stereocenters. The van der Waals surface area contributed by atoms with Gasteiger partial charge in [-0.2, -0.15) is 0 Å². The monoisotopic (exact) mass is 330 g/mol. The van der Waals surface area contributed by atoms with E-state index in [0.29, 0.717) is 6.04 Å². The lowest BCUT2D eigenvalue weighted by Crippen LogP contribution is -2.56. The molecule has 0 bridgehead atoms. The minimum absolute atomic E-state index is 0.646. The quantitative estimate of drug-likeness (QED) is 0.828. The molecule has 18 heavy (non-hydrogen) atoms. The molecule has 1 aromatic carbocycles. The van der Waals surface area contributed by atoms with E-state index in [9.17, 15) is 0 Å². The van der Waals surface area contributed by atoms with Gasteiger partial charge in [0.05, 0.1) is 30.0 Å². The average Bonchev–Trinajstić information content (AvgIpc) is 2.28. The van der Waals surface area contributed by atoms with Crippen molar-refractivity contribution in [1.82, 2.24) is 4.90 Å². The Morgan fingerprint density at radius 3 is 2.44 bits per heavy atom. The number of hydrogen-bond donors (Lipinski definition) is 0. The molecule has 2 saturated heterocycles. The second-order valence-electron chi connectivity index (χ2n) is 4.81. The third-order valence-corrected chi connectivity index (χ3v) is 4.50. The van der Waals surface area contributed by atoms with Crippen LogP contribution in [0.15, 0.2) is 22.7 Å².